The first kappa shape index (κ1) is 29.3. The fraction of sp³-hybridized carbons (Fsp3) is 0.250. The van der Waals surface area contributed by atoms with Crippen LogP contribution < -0.4 is 16.1 Å². The lowest BCUT2D eigenvalue weighted by atomic mass is 10.0. The van der Waals surface area contributed by atoms with Gasteiger partial charge in [-0.15, -0.1) is 0 Å². The molecule has 40 heavy (non-hydrogen) atoms. The Labute approximate surface area is 244 Å². The third-order valence-corrected chi connectivity index (χ3v) is 6.81. The zero-order chi connectivity index (χ0) is 28.8. The molecule has 0 fully saturated rings. The van der Waals surface area contributed by atoms with Crippen molar-refractivity contribution in [2.75, 3.05) is 23.8 Å². The van der Waals surface area contributed by atoms with Crippen molar-refractivity contribution in [1.29, 1.82) is 0 Å². The molecular formula is C28H28BrClFN5O4. The maximum atomic E-state index is 15.6. The SMILES string of the molecule is CC(C)C(Nc1ccccc1)C(=O)OCCONC(=O)c1cc2c(ncn2C)c(F)c1Nc1ccc(Br)cc1Cl. The lowest BCUT2D eigenvalue weighted by Crippen LogP contribution is -2.37. The van der Waals surface area contributed by atoms with E-state index >= 15 is 4.39 Å². The van der Waals surface area contributed by atoms with Crippen LogP contribution in [0.2, 0.25) is 5.02 Å². The van der Waals surface area contributed by atoms with Crippen molar-refractivity contribution >= 4 is 67.5 Å². The van der Waals surface area contributed by atoms with Gasteiger partial charge in [-0.2, -0.15) is 0 Å². The molecule has 1 atom stereocenters. The Balaban J connectivity index is 1.41. The number of benzene rings is 3. The molecule has 0 bridgehead atoms. The molecule has 1 heterocycles. The van der Waals surface area contributed by atoms with Crippen LogP contribution in [0.4, 0.5) is 21.5 Å². The van der Waals surface area contributed by atoms with Crippen molar-refractivity contribution < 1.29 is 23.6 Å². The number of aromatic nitrogens is 2. The summed E-state index contributed by atoms with van der Waals surface area (Å²) in [7, 11) is 1.69. The third-order valence-electron chi connectivity index (χ3n) is 6.01. The molecule has 0 radical (unpaired) electrons. The molecule has 4 rings (SSSR count). The lowest BCUT2D eigenvalue weighted by molar-refractivity contribution is -0.147. The molecule has 3 N–H and O–H groups in total. The number of hydrogen-bond donors (Lipinski definition) is 3. The van der Waals surface area contributed by atoms with E-state index in [2.05, 4.69) is 37.0 Å². The molecule has 0 spiro atoms. The molecule has 0 aliphatic heterocycles. The van der Waals surface area contributed by atoms with Crippen LogP contribution in [0.1, 0.15) is 24.2 Å². The van der Waals surface area contributed by atoms with Crippen molar-refractivity contribution in [2.24, 2.45) is 13.0 Å². The van der Waals surface area contributed by atoms with E-state index in [1.54, 1.807) is 29.8 Å². The van der Waals surface area contributed by atoms with E-state index in [1.165, 1.54) is 12.4 Å². The van der Waals surface area contributed by atoms with Crippen LogP contribution in [0.25, 0.3) is 11.0 Å². The number of para-hydroxylation sites is 1. The summed E-state index contributed by atoms with van der Waals surface area (Å²) >= 11 is 9.65. The van der Waals surface area contributed by atoms with Gasteiger partial charge in [-0.3, -0.25) is 9.63 Å². The normalized spacial score (nSPS) is 11.9. The highest BCUT2D eigenvalue weighted by Crippen LogP contribution is 2.34. The van der Waals surface area contributed by atoms with E-state index in [-0.39, 0.29) is 35.9 Å². The van der Waals surface area contributed by atoms with Crippen LogP contribution in [0.5, 0.6) is 0 Å². The van der Waals surface area contributed by atoms with Gasteiger partial charge in [0.1, 0.15) is 24.8 Å². The highest BCUT2D eigenvalue weighted by molar-refractivity contribution is 9.10. The molecule has 0 saturated carbocycles. The number of imidazole rings is 1. The van der Waals surface area contributed by atoms with Gasteiger partial charge in [0, 0.05) is 17.2 Å². The highest BCUT2D eigenvalue weighted by atomic mass is 79.9. The number of carbonyl (C=O) groups is 2. The van der Waals surface area contributed by atoms with Crippen molar-refractivity contribution in [2.45, 2.75) is 19.9 Å². The summed E-state index contributed by atoms with van der Waals surface area (Å²) < 4.78 is 23.2. The largest absolute Gasteiger partial charge is 0.462 e. The van der Waals surface area contributed by atoms with Crippen molar-refractivity contribution in [3.63, 3.8) is 0 Å². The number of halogens is 3. The Morgan fingerprint density at radius 3 is 2.58 bits per heavy atom. The first-order valence-corrected chi connectivity index (χ1v) is 13.6. The highest BCUT2D eigenvalue weighted by Gasteiger charge is 2.24. The van der Waals surface area contributed by atoms with Gasteiger partial charge in [0.25, 0.3) is 5.91 Å². The predicted octanol–water partition coefficient (Wildman–Crippen LogP) is 6.21. The van der Waals surface area contributed by atoms with E-state index in [0.717, 1.165) is 10.2 Å². The van der Waals surface area contributed by atoms with Crippen molar-refractivity contribution in [3.8, 4) is 0 Å². The Morgan fingerprint density at radius 2 is 1.88 bits per heavy atom. The number of rotatable bonds is 11. The van der Waals surface area contributed by atoms with Crippen molar-refractivity contribution in [1.82, 2.24) is 15.0 Å². The maximum absolute atomic E-state index is 15.6. The number of carbonyl (C=O) groups excluding carboxylic acids is 2. The minimum Gasteiger partial charge on any atom is -0.462 e. The van der Waals surface area contributed by atoms with Gasteiger partial charge in [-0.05, 0) is 42.3 Å². The second kappa shape index (κ2) is 13.1. The average molecular weight is 633 g/mol. The monoisotopic (exact) mass is 631 g/mol. The van der Waals surface area contributed by atoms with Crippen LogP contribution in [0, 0.1) is 11.7 Å². The van der Waals surface area contributed by atoms with Crippen LogP contribution >= 0.6 is 27.5 Å². The van der Waals surface area contributed by atoms with Gasteiger partial charge >= 0.3 is 5.97 Å². The summed E-state index contributed by atoms with van der Waals surface area (Å²) in [5.41, 5.74) is 3.84. The Morgan fingerprint density at radius 1 is 1.12 bits per heavy atom. The second-order valence-electron chi connectivity index (χ2n) is 9.26. The minimum atomic E-state index is -0.721. The first-order valence-electron chi connectivity index (χ1n) is 12.4. The third kappa shape index (κ3) is 6.90. The van der Waals surface area contributed by atoms with E-state index < -0.39 is 23.7 Å². The summed E-state index contributed by atoms with van der Waals surface area (Å²) in [6, 6.07) is 15.3. The molecule has 1 amide bonds. The number of esters is 1. The number of nitrogens with zero attached hydrogens (tertiary/aromatic N) is 2. The van der Waals surface area contributed by atoms with Gasteiger partial charge in [-0.1, -0.05) is 59.6 Å². The van der Waals surface area contributed by atoms with Gasteiger partial charge in [0.2, 0.25) is 0 Å². The number of hydroxylamine groups is 1. The van der Waals surface area contributed by atoms with Gasteiger partial charge in [0.15, 0.2) is 5.82 Å². The summed E-state index contributed by atoms with van der Waals surface area (Å²) in [6.07, 6.45) is 1.45. The number of aryl methyl sites for hydroxylation is 1. The predicted molar refractivity (Wildman–Crippen MR) is 156 cm³/mol. The molecule has 1 unspecified atom stereocenters. The second-order valence-corrected chi connectivity index (χ2v) is 10.6. The van der Waals surface area contributed by atoms with Crippen LogP contribution in [-0.2, 0) is 21.4 Å². The first-order chi connectivity index (χ1) is 19.2. The molecule has 9 nitrogen and oxygen atoms in total. The molecule has 4 aromatic rings. The van der Waals surface area contributed by atoms with Gasteiger partial charge in [-0.25, -0.2) is 19.6 Å². The Bertz CT molecular complexity index is 1520. The molecule has 210 valence electrons. The fourth-order valence-corrected chi connectivity index (χ4v) is 4.63. The molecule has 0 aliphatic rings. The Kier molecular flexibility index (Phi) is 9.62. The number of nitrogens with one attached hydrogen (secondary N) is 3. The summed E-state index contributed by atoms with van der Waals surface area (Å²) in [5, 5.41) is 6.40. The number of fused-ring (bicyclic) bond motifs is 1. The quantitative estimate of drug-likeness (QED) is 0.103. The summed E-state index contributed by atoms with van der Waals surface area (Å²) in [5.74, 6) is -1.91. The topological polar surface area (TPSA) is 107 Å². The molecule has 3 aromatic carbocycles. The smallest absolute Gasteiger partial charge is 0.328 e. The van der Waals surface area contributed by atoms with E-state index in [1.807, 2.05) is 44.2 Å². The lowest BCUT2D eigenvalue weighted by Gasteiger charge is -2.22. The van der Waals surface area contributed by atoms with E-state index in [4.69, 9.17) is 21.2 Å². The average Bonchev–Trinajstić information content (AvgIpc) is 3.30. The van der Waals surface area contributed by atoms with Crippen LogP contribution in [-0.4, -0.2) is 40.7 Å². The molecule has 0 aliphatic carbocycles. The summed E-state index contributed by atoms with van der Waals surface area (Å²) in [4.78, 5) is 35.1. The van der Waals surface area contributed by atoms with Gasteiger partial charge < -0.3 is 19.9 Å². The molecular weight excluding hydrogens is 605 g/mol. The fourth-order valence-electron chi connectivity index (χ4n) is 3.91. The molecule has 1 aromatic heterocycles. The molecule has 0 saturated heterocycles. The molecule has 12 heteroatoms. The van der Waals surface area contributed by atoms with Crippen molar-refractivity contribution in [3.05, 3.63) is 81.8 Å². The zero-order valence-electron chi connectivity index (χ0n) is 22.0. The van der Waals surface area contributed by atoms with Crippen LogP contribution in [0.15, 0.2) is 65.4 Å². The standard InChI is InChI=1S/C28H28BrClFN5O4/c1-16(2)24(33-18-7-5-4-6-8-18)28(38)39-11-12-40-35-27(37)19-14-22-26(32-15-36(22)3)23(31)25(19)34-21-10-9-17(29)13-20(21)30/h4-10,13-16,24,33-34H,11-12H2,1-3H3,(H,35,37). The Hall–Kier alpha value is -3.67. The number of amides is 1. The van der Waals surface area contributed by atoms with E-state index in [9.17, 15) is 9.59 Å². The maximum Gasteiger partial charge on any atom is 0.328 e. The minimum absolute atomic E-state index is 0.0310. The number of hydrogen-bond acceptors (Lipinski definition) is 7. The zero-order valence-corrected chi connectivity index (χ0v) is 24.3. The number of anilines is 3. The van der Waals surface area contributed by atoms with Gasteiger partial charge in [0.05, 0.1) is 33.8 Å². The number of ether oxygens (including phenoxy) is 1. The van der Waals surface area contributed by atoms with E-state index in [0.29, 0.717) is 16.2 Å². The van der Waals surface area contributed by atoms with Crippen LogP contribution in [0.3, 0.4) is 0 Å². The summed E-state index contributed by atoms with van der Waals surface area (Å²) in [6.45, 7) is 3.59.